The maximum Gasteiger partial charge on any atom is 0.240 e. The van der Waals surface area contributed by atoms with E-state index in [2.05, 4.69) is 19.4 Å². The molecule has 1 aromatic heterocycles. The van der Waals surface area contributed by atoms with Gasteiger partial charge in [-0.25, -0.2) is 13.1 Å². The lowest BCUT2D eigenvalue weighted by atomic mass is 10.1. The Kier molecular flexibility index (Phi) is 4.48. The lowest BCUT2D eigenvalue weighted by Gasteiger charge is -2.09. The predicted octanol–water partition coefficient (Wildman–Crippen LogP) is 0.603. The molecule has 8 heteroatoms. The number of sulfonamides is 1. The molecule has 1 heterocycles. The molecule has 2 N–H and O–H groups in total. The van der Waals surface area contributed by atoms with Gasteiger partial charge in [-0.1, -0.05) is 18.1 Å². The molecule has 0 amide bonds. The number of nitrogens with zero attached hydrogens (tertiary/aromatic N) is 2. The number of hydrogen-bond donors (Lipinski definition) is 2. The van der Waals surface area contributed by atoms with Crippen molar-refractivity contribution in [3.8, 4) is 0 Å². The Morgan fingerprint density at radius 1 is 1.35 bits per heavy atom. The van der Waals surface area contributed by atoms with Crippen molar-refractivity contribution in [2.45, 2.75) is 31.4 Å². The van der Waals surface area contributed by atoms with E-state index in [1.165, 1.54) is 12.1 Å². The number of nitrogens with one attached hydrogen (secondary N) is 1. The van der Waals surface area contributed by atoms with Crippen molar-refractivity contribution in [1.29, 1.82) is 0 Å². The molecule has 0 aliphatic carbocycles. The van der Waals surface area contributed by atoms with E-state index in [0.29, 0.717) is 5.56 Å². The monoisotopic (exact) mass is 297 g/mol. The second-order valence-electron chi connectivity index (χ2n) is 4.11. The van der Waals surface area contributed by atoms with Gasteiger partial charge in [-0.05, 0) is 29.7 Å². The smallest absolute Gasteiger partial charge is 0.240 e. The van der Waals surface area contributed by atoms with E-state index in [4.69, 9.17) is 0 Å². The Morgan fingerprint density at radius 2 is 2.15 bits per heavy atom. The summed E-state index contributed by atoms with van der Waals surface area (Å²) in [4.78, 5) is 3.83. The summed E-state index contributed by atoms with van der Waals surface area (Å²) >= 11 is 0. The van der Waals surface area contributed by atoms with Gasteiger partial charge in [-0.2, -0.15) is 4.98 Å². The van der Waals surface area contributed by atoms with Gasteiger partial charge in [0.2, 0.25) is 16.4 Å². The number of rotatable bonds is 6. The van der Waals surface area contributed by atoms with Crippen LogP contribution in [0.1, 0.15) is 23.9 Å². The average molecular weight is 297 g/mol. The molecule has 0 spiro atoms. The van der Waals surface area contributed by atoms with Crippen LogP contribution in [0.15, 0.2) is 34.0 Å². The van der Waals surface area contributed by atoms with Crippen LogP contribution in [0.5, 0.6) is 0 Å². The van der Waals surface area contributed by atoms with E-state index in [-0.39, 0.29) is 23.9 Å². The van der Waals surface area contributed by atoms with Gasteiger partial charge in [0.05, 0.1) is 18.0 Å². The van der Waals surface area contributed by atoms with Gasteiger partial charge in [-0.15, -0.1) is 0 Å². The first-order valence-electron chi connectivity index (χ1n) is 6.04. The second kappa shape index (κ2) is 6.12. The zero-order valence-corrected chi connectivity index (χ0v) is 11.7. The van der Waals surface area contributed by atoms with E-state index in [0.717, 1.165) is 18.4 Å². The molecule has 7 nitrogen and oxygen atoms in total. The lowest BCUT2D eigenvalue weighted by molar-refractivity contribution is 0.280. The van der Waals surface area contributed by atoms with Crippen molar-refractivity contribution in [3.05, 3.63) is 41.5 Å². The number of benzene rings is 1. The summed E-state index contributed by atoms with van der Waals surface area (Å²) in [5.41, 5.74) is 1.53. The molecule has 0 saturated carbocycles. The molecule has 0 aliphatic heterocycles. The van der Waals surface area contributed by atoms with E-state index < -0.39 is 10.0 Å². The van der Waals surface area contributed by atoms with Crippen molar-refractivity contribution in [2.75, 3.05) is 0 Å². The van der Waals surface area contributed by atoms with Crippen LogP contribution >= 0.6 is 0 Å². The fourth-order valence-corrected chi connectivity index (χ4v) is 2.81. The summed E-state index contributed by atoms with van der Waals surface area (Å²) in [5.74, 6) is 0.251. The Labute approximate surface area is 116 Å². The van der Waals surface area contributed by atoms with Crippen LogP contribution in [0.3, 0.4) is 0 Å². The first-order valence-corrected chi connectivity index (χ1v) is 7.52. The van der Waals surface area contributed by atoms with E-state index in [1.807, 2.05) is 6.92 Å². The zero-order chi connectivity index (χ0) is 14.6. The van der Waals surface area contributed by atoms with Crippen LogP contribution in [0.4, 0.5) is 0 Å². The van der Waals surface area contributed by atoms with Crippen molar-refractivity contribution >= 4 is 10.0 Å². The van der Waals surface area contributed by atoms with Crippen LogP contribution in [0, 0.1) is 0 Å². The number of aryl methyl sites for hydroxylation is 1. The SMILES string of the molecule is CCc1ccc(S(=O)(=O)NCc2ncon2)cc1CO. The van der Waals surface area contributed by atoms with Crippen molar-refractivity contribution < 1.29 is 18.0 Å². The van der Waals surface area contributed by atoms with Gasteiger partial charge in [0.25, 0.3) is 0 Å². The minimum Gasteiger partial charge on any atom is -0.392 e. The number of aliphatic hydroxyl groups is 1. The number of hydrogen-bond acceptors (Lipinski definition) is 6. The van der Waals surface area contributed by atoms with Gasteiger partial charge in [-0.3, -0.25) is 0 Å². The Bertz CT molecular complexity index is 668. The highest BCUT2D eigenvalue weighted by molar-refractivity contribution is 7.89. The average Bonchev–Trinajstić information content (AvgIpc) is 2.97. The summed E-state index contributed by atoms with van der Waals surface area (Å²) in [6, 6.07) is 4.68. The lowest BCUT2D eigenvalue weighted by Crippen LogP contribution is -2.24. The maximum atomic E-state index is 12.1. The molecule has 0 saturated heterocycles. The predicted molar refractivity (Wildman–Crippen MR) is 70.1 cm³/mol. The first-order chi connectivity index (χ1) is 9.56. The summed E-state index contributed by atoms with van der Waals surface area (Å²) in [6.07, 6.45) is 1.86. The first kappa shape index (κ1) is 14.6. The van der Waals surface area contributed by atoms with Crippen molar-refractivity contribution in [2.24, 2.45) is 0 Å². The molecule has 2 aromatic rings. The molecule has 2 rings (SSSR count). The van der Waals surface area contributed by atoms with Crippen molar-refractivity contribution in [1.82, 2.24) is 14.9 Å². The van der Waals surface area contributed by atoms with Crippen LogP contribution in [0.2, 0.25) is 0 Å². The molecule has 0 aliphatic rings. The van der Waals surface area contributed by atoms with E-state index in [1.54, 1.807) is 6.07 Å². The largest absolute Gasteiger partial charge is 0.392 e. The number of aromatic nitrogens is 2. The molecule has 108 valence electrons. The van der Waals surface area contributed by atoms with Crippen LogP contribution < -0.4 is 4.72 Å². The topological polar surface area (TPSA) is 105 Å². The van der Waals surface area contributed by atoms with Gasteiger partial charge < -0.3 is 9.63 Å². The zero-order valence-electron chi connectivity index (χ0n) is 10.9. The van der Waals surface area contributed by atoms with Crippen LogP contribution in [0.25, 0.3) is 0 Å². The third kappa shape index (κ3) is 3.21. The molecular formula is C12H15N3O4S. The fourth-order valence-electron chi connectivity index (χ4n) is 1.77. The maximum absolute atomic E-state index is 12.1. The Balaban J connectivity index is 2.20. The van der Waals surface area contributed by atoms with Gasteiger partial charge in [0.1, 0.15) is 0 Å². The van der Waals surface area contributed by atoms with E-state index in [9.17, 15) is 13.5 Å². The van der Waals surface area contributed by atoms with Gasteiger partial charge >= 0.3 is 0 Å². The fraction of sp³-hybridized carbons (Fsp3) is 0.333. The molecule has 20 heavy (non-hydrogen) atoms. The third-order valence-electron chi connectivity index (χ3n) is 2.87. The minimum atomic E-state index is -3.68. The van der Waals surface area contributed by atoms with Crippen molar-refractivity contribution in [3.63, 3.8) is 0 Å². The highest BCUT2D eigenvalue weighted by atomic mass is 32.2. The number of aliphatic hydroxyl groups excluding tert-OH is 1. The highest BCUT2D eigenvalue weighted by Gasteiger charge is 2.16. The normalized spacial score (nSPS) is 11.7. The summed E-state index contributed by atoms with van der Waals surface area (Å²) in [5, 5.41) is 12.8. The van der Waals surface area contributed by atoms with Gasteiger partial charge in [0.15, 0.2) is 5.82 Å². The Morgan fingerprint density at radius 3 is 2.75 bits per heavy atom. The summed E-state index contributed by atoms with van der Waals surface area (Å²) in [6.45, 7) is 1.69. The van der Waals surface area contributed by atoms with Crippen LogP contribution in [-0.4, -0.2) is 23.7 Å². The van der Waals surface area contributed by atoms with Gasteiger partial charge in [0, 0.05) is 0 Å². The molecule has 0 bridgehead atoms. The molecule has 0 radical (unpaired) electrons. The second-order valence-corrected chi connectivity index (χ2v) is 5.88. The molecule has 0 fully saturated rings. The molecule has 1 aromatic carbocycles. The summed E-state index contributed by atoms with van der Waals surface area (Å²) in [7, 11) is -3.68. The molecule has 0 unspecified atom stereocenters. The summed E-state index contributed by atoms with van der Waals surface area (Å²) < 4.78 is 31.1. The molecule has 0 atom stereocenters. The Hall–Kier alpha value is -1.77. The quantitative estimate of drug-likeness (QED) is 0.809. The molecular weight excluding hydrogens is 282 g/mol. The van der Waals surface area contributed by atoms with Crippen LogP contribution in [-0.2, 0) is 29.6 Å². The van der Waals surface area contributed by atoms with E-state index >= 15 is 0 Å². The third-order valence-corrected chi connectivity index (χ3v) is 4.27. The standard InChI is InChI=1S/C12H15N3O4S/c1-2-9-3-4-11(5-10(9)7-16)20(17,18)14-6-12-13-8-19-15-12/h3-5,8,14,16H,2,6-7H2,1H3. The highest BCUT2D eigenvalue weighted by Crippen LogP contribution is 2.17. The minimum absolute atomic E-state index is 0.0528.